The molecule has 3 heteroatoms. The maximum absolute atomic E-state index is 10.3. The van der Waals surface area contributed by atoms with Gasteiger partial charge in [-0.2, -0.15) is 0 Å². The molecule has 0 aliphatic heterocycles. The van der Waals surface area contributed by atoms with Crippen LogP contribution < -0.4 is 0 Å². The number of carboxylic acids is 1. The van der Waals surface area contributed by atoms with Crippen molar-refractivity contribution in [2.45, 2.75) is 188 Å². The third kappa shape index (κ3) is 40.9. The van der Waals surface area contributed by atoms with Gasteiger partial charge in [0.1, 0.15) is 0 Å². The van der Waals surface area contributed by atoms with Gasteiger partial charge < -0.3 is 10.2 Å². The molecule has 0 saturated heterocycles. The molecule has 0 spiro atoms. The summed E-state index contributed by atoms with van der Waals surface area (Å²) >= 11 is 0. The number of carbonyl (C=O) groups is 1. The first-order valence-electron chi connectivity index (χ1n) is 15.9. The number of hydrogen-bond acceptors (Lipinski definition) is 2. The summed E-state index contributed by atoms with van der Waals surface area (Å²) in [5.74, 6) is 0.229. The first kappa shape index (κ1) is 36.6. The monoisotopic (exact) mass is 499 g/mol. The summed E-state index contributed by atoms with van der Waals surface area (Å²) in [7, 11) is 0. The van der Waals surface area contributed by atoms with Crippen molar-refractivity contribution in [3.63, 3.8) is 0 Å². The topological polar surface area (TPSA) is 57.5 Å². The van der Waals surface area contributed by atoms with Crippen LogP contribution in [0.1, 0.15) is 188 Å². The Kier molecular flexibility index (Phi) is 34.9. The molecule has 212 valence electrons. The van der Waals surface area contributed by atoms with Crippen molar-refractivity contribution in [3.8, 4) is 0 Å². The number of hydrogen-bond donors (Lipinski definition) is 2. The molecular weight excluding hydrogens is 432 g/mol. The van der Waals surface area contributed by atoms with Crippen LogP contribution in [-0.2, 0) is 4.79 Å². The molecule has 0 saturated carbocycles. The Balaban J connectivity index is 0. The van der Waals surface area contributed by atoms with Crippen molar-refractivity contribution in [2.75, 3.05) is 6.61 Å². The fraction of sp³-hybridized carbons (Fsp3) is 0.969. The molecule has 0 aliphatic carbocycles. The van der Waals surface area contributed by atoms with E-state index in [0.717, 1.165) is 25.2 Å². The summed E-state index contributed by atoms with van der Waals surface area (Å²) in [6, 6.07) is 0. The second-order valence-corrected chi connectivity index (χ2v) is 11.2. The highest BCUT2D eigenvalue weighted by Crippen LogP contribution is 2.14. The summed E-state index contributed by atoms with van der Waals surface area (Å²) in [4.78, 5) is 10.3. The lowest BCUT2D eigenvalue weighted by molar-refractivity contribution is -0.137. The van der Waals surface area contributed by atoms with E-state index in [1.165, 1.54) is 141 Å². The van der Waals surface area contributed by atoms with Crippen LogP contribution in [-0.4, -0.2) is 22.8 Å². The Morgan fingerprint density at radius 1 is 0.514 bits per heavy atom. The van der Waals surface area contributed by atoms with E-state index in [2.05, 4.69) is 20.8 Å². The molecule has 0 aliphatic rings. The van der Waals surface area contributed by atoms with Gasteiger partial charge in [-0.3, -0.25) is 4.79 Å². The van der Waals surface area contributed by atoms with E-state index in [9.17, 15) is 4.79 Å². The molecule has 0 unspecified atom stereocenters. The van der Waals surface area contributed by atoms with Crippen LogP contribution in [0, 0.1) is 5.92 Å². The lowest BCUT2D eigenvalue weighted by Crippen LogP contribution is -1.93. The van der Waals surface area contributed by atoms with Crippen molar-refractivity contribution < 1.29 is 15.0 Å². The number of unbranched alkanes of at least 4 members (excludes halogenated alkanes) is 22. The predicted molar refractivity (Wildman–Crippen MR) is 155 cm³/mol. The smallest absolute Gasteiger partial charge is 0.303 e. The highest BCUT2D eigenvalue weighted by molar-refractivity contribution is 5.66. The number of aliphatic carboxylic acids is 1. The van der Waals surface area contributed by atoms with E-state index in [1.807, 2.05) is 0 Å². The molecule has 35 heavy (non-hydrogen) atoms. The molecule has 0 amide bonds. The van der Waals surface area contributed by atoms with Crippen molar-refractivity contribution in [3.05, 3.63) is 0 Å². The molecule has 0 atom stereocenters. The molecule has 0 rings (SSSR count). The molecule has 0 aromatic carbocycles. The van der Waals surface area contributed by atoms with E-state index < -0.39 is 5.97 Å². The van der Waals surface area contributed by atoms with Crippen LogP contribution in [0.5, 0.6) is 0 Å². The minimum absolute atomic E-state index is 0.345. The Morgan fingerprint density at radius 2 is 0.829 bits per heavy atom. The van der Waals surface area contributed by atoms with E-state index >= 15 is 0 Å². The maximum Gasteiger partial charge on any atom is 0.303 e. The van der Waals surface area contributed by atoms with Crippen LogP contribution >= 0.6 is 0 Å². The summed E-state index contributed by atoms with van der Waals surface area (Å²) in [5, 5.41) is 17.1. The van der Waals surface area contributed by atoms with Gasteiger partial charge in [-0.1, -0.05) is 168 Å². The lowest BCUT2D eigenvalue weighted by Gasteiger charge is -2.04. The standard InChI is InChI=1S/C16H32O2.C16H34O/c1-2-3-4-5-6-7-8-9-10-11-12-13-14-15-16(17)18;1-16(2)14-12-10-8-6-4-3-5-7-9-11-13-15-17/h2-15H2,1H3,(H,17,18);16-17H,3-15H2,1-2H3. The first-order chi connectivity index (χ1) is 17.0. The van der Waals surface area contributed by atoms with Crippen LogP contribution in [0.25, 0.3) is 0 Å². The number of carboxylic acid groups (broad SMARTS) is 1. The Bertz CT molecular complexity index is 381. The van der Waals surface area contributed by atoms with E-state index in [1.54, 1.807) is 0 Å². The van der Waals surface area contributed by atoms with E-state index in [4.69, 9.17) is 10.2 Å². The molecule has 0 heterocycles. The Hall–Kier alpha value is -0.570. The average molecular weight is 499 g/mol. The van der Waals surface area contributed by atoms with Gasteiger partial charge in [0.25, 0.3) is 0 Å². The van der Waals surface area contributed by atoms with Crippen LogP contribution in [0.3, 0.4) is 0 Å². The van der Waals surface area contributed by atoms with Crippen LogP contribution in [0.4, 0.5) is 0 Å². The first-order valence-corrected chi connectivity index (χ1v) is 15.9. The zero-order valence-electron chi connectivity index (χ0n) is 24.5. The van der Waals surface area contributed by atoms with Crippen LogP contribution in [0.2, 0.25) is 0 Å². The molecular formula is C32H66O3. The molecule has 0 aromatic rings. The Morgan fingerprint density at radius 3 is 1.14 bits per heavy atom. The molecule has 0 fully saturated rings. The Labute approximate surface area is 221 Å². The molecule has 0 aromatic heterocycles. The van der Waals surface area contributed by atoms with Gasteiger partial charge in [-0.05, 0) is 18.8 Å². The fourth-order valence-electron chi connectivity index (χ4n) is 4.55. The van der Waals surface area contributed by atoms with Gasteiger partial charge in [0.05, 0.1) is 0 Å². The van der Waals surface area contributed by atoms with Gasteiger partial charge in [-0.15, -0.1) is 0 Å². The number of aliphatic hydroxyl groups is 1. The number of aliphatic hydroxyl groups excluding tert-OH is 1. The SMILES string of the molecule is CC(C)CCCCCCCCCCCCCO.CCCCCCCCCCCCCCCC(=O)O. The minimum atomic E-state index is -0.655. The third-order valence-electron chi connectivity index (χ3n) is 6.93. The molecule has 2 N–H and O–H groups in total. The largest absolute Gasteiger partial charge is 0.481 e. The average Bonchev–Trinajstić information content (AvgIpc) is 2.83. The normalized spacial score (nSPS) is 11.0. The van der Waals surface area contributed by atoms with E-state index in [-0.39, 0.29) is 0 Å². The maximum atomic E-state index is 10.3. The van der Waals surface area contributed by atoms with Crippen LogP contribution in [0.15, 0.2) is 0 Å². The summed E-state index contributed by atoms with van der Waals surface area (Å²) in [6.45, 7) is 7.26. The highest BCUT2D eigenvalue weighted by atomic mass is 16.4. The van der Waals surface area contributed by atoms with Gasteiger partial charge in [0.2, 0.25) is 0 Å². The van der Waals surface area contributed by atoms with Crippen molar-refractivity contribution >= 4 is 5.97 Å². The zero-order valence-corrected chi connectivity index (χ0v) is 24.5. The zero-order chi connectivity index (χ0) is 26.2. The van der Waals surface area contributed by atoms with E-state index in [0.29, 0.717) is 13.0 Å². The fourth-order valence-corrected chi connectivity index (χ4v) is 4.55. The van der Waals surface area contributed by atoms with Gasteiger partial charge in [0, 0.05) is 13.0 Å². The van der Waals surface area contributed by atoms with Gasteiger partial charge in [0.15, 0.2) is 0 Å². The quantitative estimate of drug-likeness (QED) is 0.111. The summed E-state index contributed by atoms with van der Waals surface area (Å²) in [5.41, 5.74) is 0. The van der Waals surface area contributed by atoms with Crippen molar-refractivity contribution in [1.29, 1.82) is 0 Å². The molecule has 0 radical (unpaired) electrons. The van der Waals surface area contributed by atoms with Crippen molar-refractivity contribution in [1.82, 2.24) is 0 Å². The second kappa shape index (κ2) is 33.4. The van der Waals surface area contributed by atoms with Crippen molar-refractivity contribution in [2.24, 2.45) is 5.92 Å². The number of rotatable bonds is 27. The lowest BCUT2D eigenvalue weighted by atomic mass is 10.0. The predicted octanol–water partition coefficient (Wildman–Crippen LogP) is 10.9. The molecule has 0 bridgehead atoms. The van der Waals surface area contributed by atoms with Gasteiger partial charge >= 0.3 is 5.97 Å². The van der Waals surface area contributed by atoms with Gasteiger partial charge in [-0.25, -0.2) is 0 Å². The highest BCUT2D eigenvalue weighted by Gasteiger charge is 1.97. The third-order valence-corrected chi connectivity index (χ3v) is 6.93. The summed E-state index contributed by atoms with van der Waals surface area (Å²) < 4.78 is 0. The summed E-state index contributed by atoms with van der Waals surface area (Å²) in [6.07, 6.45) is 33.6. The molecule has 3 nitrogen and oxygen atoms in total. The minimum Gasteiger partial charge on any atom is -0.481 e. The second-order valence-electron chi connectivity index (χ2n) is 11.2.